The number of rotatable bonds is 6. The van der Waals surface area contributed by atoms with Crippen molar-refractivity contribution in [3.63, 3.8) is 0 Å². The standard InChI is InChI=1S/C54H35NO/c1-2-11-38(12-3-1)49-30-25-43(42-20-18-36-10-4-5-14-40(36)32-42)34-52(49)55(46-28-31-54-51(35-46)50-16-8-9-17-53(50)56-54)45-26-22-37(23-27-45)41-24-29-48-44(33-41)21-19-39-13-6-7-15-47(39)48/h1-35H. The SMILES string of the molecule is c1ccc(-c2ccc(-c3ccc4ccccc4c3)cc2N(c2ccc(-c3ccc4c(ccc5ccccc54)c3)cc2)c2ccc3oc4ccccc4c3c2)cc1. The predicted octanol–water partition coefficient (Wildman–Crippen LogP) is 15.5. The first kappa shape index (κ1) is 32.0. The maximum absolute atomic E-state index is 6.30. The zero-order valence-electron chi connectivity index (χ0n) is 30.6. The maximum Gasteiger partial charge on any atom is 0.135 e. The fourth-order valence-electron chi connectivity index (χ4n) is 8.40. The number of para-hydroxylation sites is 1. The lowest BCUT2D eigenvalue weighted by molar-refractivity contribution is 0.669. The number of nitrogens with zero attached hydrogens (tertiary/aromatic N) is 1. The second-order valence-corrected chi connectivity index (χ2v) is 14.5. The fraction of sp³-hybridized carbons (Fsp3) is 0. The first-order valence-corrected chi connectivity index (χ1v) is 19.2. The van der Waals surface area contributed by atoms with Crippen molar-refractivity contribution in [3.8, 4) is 33.4 Å². The summed E-state index contributed by atoms with van der Waals surface area (Å²) in [6.07, 6.45) is 0. The molecule has 0 saturated heterocycles. The Kier molecular flexibility index (Phi) is 7.53. The zero-order chi connectivity index (χ0) is 37.0. The highest BCUT2D eigenvalue weighted by molar-refractivity contribution is 6.09. The summed E-state index contributed by atoms with van der Waals surface area (Å²) < 4.78 is 6.30. The van der Waals surface area contributed by atoms with E-state index in [9.17, 15) is 0 Å². The van der Waals surface area contributed by atoms with Crippen LogP contribution in [-0.2, 0) is 0 Å². The van der Waals surface area contributed by atoms with Crippen molar-refractivity contribution in [3.05, 3.63) is 212 Å². The molecular weight excluding hydrogens is 679 g/mol. The minimum atomic E-state index is 0.877. The van der Waals surface area contributed by atoms with E-state index in [0.29, 0.717) is 0 Å². The molecule has 0 N–H and O–H groups in total. The largest absolute Gasteiger partial charge is 0.456 e. The van der Waals surface area contributed by atoms with Crippen molar-refractivity contribution in [2.24, 2.45) is 0 Å². The minimum absolute atomic E-state index is 0.877. The maximum atomic E-state index is 6.30. The summed E-state index contributed by atoms with van der Waals surface area (Å²) in [5.41, 5.74) is 12.0. The molecule has 0 spiro atoms. The Hall–Kier alpha value is -7.42. The van der Waals surface area contributed by atoms with Gasteiger partial charge in [-0.1, -0.05) is 158 Å². The molecule has 2 nitrogen and oxygen atoms in total. The molecular formula is C54H35NO. The average Bonchev–Trinajstić information content (AvgIpc) is 3.65. The number of hydrogen-bond acceptors (Lipinski definition) is 2. The predicted molar refractivity (Wildman–Crippen MR) is 237 cm³/mol. The molecule has 10 aromatic carbocycles. The lowest BCUT2D eigenvalue weighted by Gasteiger charge is -2.29. The van der Waals surface area contributed by atoms with E-state index >= 15 is 0 Å². The van der Waals surface area contributed by atoms with Crippen LogP contribution < -0.4 is 4.90 Å². The molecule has 11 aromatic rings. The van der Waals surface area contributed by atoms with Gasteiger partial charge in [-0.05, 0) is 115 Å². The van der Waals surface area contributed by atoms with Gasteiger partial charge in [0.2, 0.25) is 0 Å². The summed E-state index contributed by atoms with van der Waals surface area (Å²) in [6.45, 7) is 0. The molecule has 262 valence electrons. The monoisotopic (exact) mass is 713 g/mol. The molecule has 2 heteroatoms. The third kappa shape index (κ3) is 5.51. The van der Waals surface area contributed by atoms with E-state index in [1.807, 2.05) is 12.1 Å². The van der Waals surface area contributed by atoms with Crippen molar-refractivity contribution in [1.82, 2.24) is 0 Å². The second kappa shape index (κ2) is 13.2. The molecule has 1 heterocycles. The number of hydrogen-bond donors (Lipinski definition) is 0. The Balaban J connectivity index is 1.10. The molecule has 0 atom stereocenters. The summed E-state index contributed by atoms with van der Waals surface area (Å²) in [6, 6.07) is 76.7. The number of benzene rings is 10. The highest BCUT2D eigenvalue weighted by Gasteiger charge is 2.20. The zero-order valence-corrected chi connectivity index (χ0v) is 30.6. The summed E-state index contributed by atoms with van der Waals surface area (Å²) in [5, 5.41) is 9.72. The van der Waals surface area contributed by atoms with E-state index in [1.165, 1.54) is 49.0 Å². The van der Waals surface area contributed by atoms with Crippen molar-refractivity contribution in [2.45, 2.75) is 0 Å². The van der Waals surface area contributed by atoms with Crippen LogP contribution in [0.15, 0.2) is 217 Å². The van der Waals surface area contributed by atoms with Crippen LogP contribution in [0.5, 0.6) is 0 Å². The Morgan fingerprint density at radius 1 is 0.286 bits per heavy atom. The quantitative estimate of drug-likeness (QED) is 0.160. The topological polar surface area (TPSA) is 16.4 Å². The Bertz CT molecular complexity index is 3250. The first-order valence-electron chi connectivity index (χ1n) is 19.2. The molecule has 1 aromatic heterocycles. The van der Waals surface area contributed by atoms with E-state index in [1.54, 1.807) is 0 Å². The third-order valence-corrected chi connectivity index (χ3v) is 11.2. The van der Waals surface area contributed by atoms with E-state index in [0.717, 1.165) is 55.7 Å². The van der Waals surface area contributed by atoms with Gasteiger partial charge >= 0.3 is 0 Å². The van der Waals surface area contributed by atoms with Crippen molar-refractivity contribution in [2.75, 3.05) is 4.90 Å². The van der Waals surface area contributed by atoms with Gasteiger partial charge in [-0.25, -0.2) is 0 Å². The number of fused-ring (bicyclic) bond motifs is 7. The van der Waals surface area contributed by atoms with Crippen LogP contribution in [0, 0.1) is 0 Å². The molecule has 0 saturated carbocycles. The van der Waals surface area contributed by atoms with E-state index < -0.39 is 0 Å². The van der Waals surface area contributed by atoms with Gasteiger partial charge in [0.1, 0.15) is 11.2 Å². The highest BCUT2D eigenvalue weighted by Crippen LogP contribution is 2.45. The van der Waals surface area contributed by atoms with Crippen LogP contribution in [0.2, 0.25) is 0 Å². The van der Waals surface area contributed by atoms with Crippen LogP contribution in [-0.4, -0.2) is 0 Å². The van der Waals surface area contributed by atoms with Gasteiger partial charge in [-0.15, -0.1) is 0 Å². The Morgan fingerprint density at radius 3 is 1.73 bits per heavy atom. The lowest BCUT2D eigenvalue weighted by atomic mass is 9.95. The van der Waals surface area contributed by atoms with Gasteiger partial charge in [-0.2, -0.15) is 0 Å². The van der Waals surface area contributed by atoms with Crippen LogP contribution in [0.1, 0.15) is 0 Å². The van der Waals surface area contributed by atoms with Gasteiger partial charge < -0.3 is 9.32 Å². The molecule has 0 fully saturated rings. The normalized spacial score (nSPS) is 11.6. The van der Waals surface area contributed by atoms with Gasteiger partial charge in [0.05, 0.1) is 5.69 Å². The Labute approximate surface area is 325 Å². The van der Waals surface area contributed by atoms with Crippen molar-refractivity contribution < 1.29 is 4.42 Å². The minimum Gasteiger partial charge on any atom is -0.456 e. The third-order valence-electron chi connectivity index (χ3n) is 11.2. The van der Waals surface area contributed by atoms with Gasteiger partial charge in [0, 0.05) is 27.7 Å². The summed E-state index contributed by atoms with van der Waals surface area (Å²) in [7, 11) is 0. The lowest BCUT2D eigenvalue weighted by Crippen LogP contribution is -2.11. The average molecular weight is 714 g/mol. The van der Waals surface area contributed by atoms with Crippen LogP contribution >= 0.6 is 0 Å². The van der Waals surface area contributed by atoms with Crippen LogP contribution in [0.4, 0.5) is 17.1 Å². The molecule has 0 bridgehead atoms. The molecule has 0 radical (unpaired) electrons. The van der Waals surface area contributed by atoms with Crippen molar-refractivity contribution >= 4 is 71.3 Å². The Morgan fingerprint density at radius 2 is 0.857 bits per heavy atom. The molecule has 56 heavy (non-hydrogen) atoms. The fourth-order valence-corrected chi connectivity index (χ4v) is 8.40. The van der Waals surface area contributed by atoms with Crippen LogP contribution in [0.3, 0.4) is 0 Å². The summed E-state index contributed by atoms with van der Waals surface area (Å²) in [5.74, 6) is 0. The molecule has 11 rings (SSSR count). The van der Waals surface area contributed by atoms with Gasteiger partial charge in [0.25, 0.3) is 0 Å². The summed E-state index contributed by atoms with van der Waals surface area (Å²) >= 11 is 0. The van der Waals surface area contributed by atoms with E-state index in [4.69, 9.17) is 4.42 Å². The first-order chi connectivity index (χ1) is 27.7. The van der Waals surface area contributed by atoms with Gasteiger partial charge in [-0.3, -0.25) is 0 Å². The summed E-state index contributed by atoms with van der Waals surface area (Å²) in [4.78, 5) is 2.41. The highest BCUT2D eigenvalue weighted by atomic mass is 16.3. The smallest absolute Gasteiger partial charge is 0.135 e. The molecule has 0 aliphatic heterocycles. The number of anilines is 3. The van der Waals surface area contributed by atoms with Crippen LogP contribution in [0.25, 0.3) is 87.6 Å². The molecule has 0 amide bonds. The van der Waals surface area contributed by atoms with E-state index in [-0.39, 0.29) is 0 Å². The number of furan rings is 1. The molecule has 0 unspecified atom stereocenters. The van der Waals surface area contributed by atoms with E-state index in [2.05, 4.69) is 205 Å². The van der Waals surface area contributed by atoms with Gasteiger partial charge in [0.15, 0.2) is 0 Å². The molecule has 0 aliphatic rings. The molecule has 0 aliphatic carbocycles. The van der Waals surface area contributed by atoms with Crippen molar-refractivity contribution in [1.29, 1.82) is 0 Å². The second-order valence-electron chi connectivity index (χ2n) is 14.5.